The van der Waals surface area contributed by atoms with Gasteiger partial charge >= 0.3 is 12.1 Å². The van der Waals surface area contributed by atoms with Gasteiger partial charge in [-0.2, -0.15) is 0 Å². The number of methoxy groups -OCH3 is 1. The minimum Gasteiger partial charge on any atom is -0.467 e. The Labute approximate surface area is 139 Å². The lowest BCUT2D eigenvalue weighted by Crippen LogP contribution is -2.43. The van der Waals surface area contributed by atoms with Crippen LogP contribution in [0.3, 0.4) is 0 Å². The fourth-order valence-electron chi connectivity index (χ4n) is 2.50. The van der Waals surface area contributed by atoms with Gasteiger partial charge in [0.05, 0.1) is 19.3 Å². The van der Waals surface area contributed by atoms with Crippen LogP contribution in [0.5, 0.6) is 0 Å². The van der Waals surface area contributed by atoms with Crippen molar-refractivity contribution in [1.29, 1.82) is 0 Å². The van der Waals surface area contributed by atoms with E-state index in [1.54, 1.807) is 20.8 Å². The van der Waals surface area contributed by atoms with Crippen molar-refractivity contribution >= 4 is 17.8 Å². The highest BCUT2D eigenvalue weighted by atomic mass is 16.6. The van der Waals surface area contributed by atoms with Gasteiger partial charge in [0.25, 0.3) is 0 Å². The Hall–Kier alpha value is -2.45. The van der Waals surface area contributed by atoms with Crippen molar-refractivity contribution in [1.82, 2.24) is 19.9 Å². The van der Waals surface area contributed by atoms with Gasteiger partial charge in [0.2, 0.25) is 0 Å². The fraction of sp³-hybridized carbons (Fsp3) is 0.667. The molecule has 132 valence electrons. The molecule has 0 saturated carbocycles. The number of amides is 1. The average Bonchev–Trinajstić information content (AvgIpc) is 3.11. The monoisotopic (exact) mass is 338 g/mol. The predicted molar refractivity (Wildman–Crippen MR) is 82.4 cm³/mol. The molecule has 9 nitrogen and oxygen atoms in total. The Morgan fingerprint density at radius 3 is 2.46 bits per heavy atom. The van der Waals surface area contributed by atoms with Gasteiger partial charge in [0.1, 0.15) is 17.3 Å². The molecule has 1 aromatic heterocycles. The standard InChI is InChI=1S/C15H22N4O5/c1-9(20)11-8-19(17-16-11)10-6-12(13(21)23-5)18(7-10)14(22)24-15(2,3)4/h8,10,12H,6-7H2,1-5H3/t10-,12-/m0/s1. The molecule has 2 heterocycles. The average molecular weight is 338 g/mol. The third-order valence-corrected chi connectivity index (χ3v) is 3.63. The summed E-state index contributed by atoms with van der Waals surface area (Å²) in [6.45, 7) is 6.87. The maximum absolute atomic E-state index is 12.4. The van der Waals surface area contributed by atoms with Crippen LogP contribution >= 0.6 is 0 Å². The minimum atomic E-state index is -0.764. The van der Waals surface area contributed by atoms with Gasteiger partial charge in [0, 0.05) is 19.9 Å². The number of hydrogen-bond acceptors (Lipinski definition) is 7. The van der Waals surface area contributed by atoms with Crippen molar-refractivity contribution in [3.05, 3.63) is 11.9 Å². The number of hydrogen-bond donors (Lipinski definition) is 0. The number of nitrogens with zero attached hydrogens (tertiary/aromatic N) is 4. The summed E-state index contributed by atoms with van der Waals surface area (Å²) in [5.41, 5.74) is -0.439. The first-order valence-electron chi connectivity index (χ1n) is 7.62. The highest BCUT2D eigenvalue weighted by Crippen LogP contribution is 2.29. The lowest BCUT2D eigenvalue weighted by molar-refractivity contribution is -0.145. The summed E-state index contributed by atoms with van der Waals surface area (Å²) < 4.78 is 11.6. The van der Waals surface area contributed by atoms with Crippen molar-refractivity contribution in [3.8, 4) is 0 Å². The molecule has 0 radical (unpaired) electrons. The molecule has 9 heteroatoms. The summed E-state index contributed by atoms with van der Waals surface area (Å²) in [6.07, 6.45) is 1.24. The van der Waals surface area contributed by atoms with Crippen molar-refractivity contribution in [2.24, 2.45) is 0 Å². The van der Waals surface area contributed by atoms with Crippen LogP contribution in [0.15, 0.2) is 6.20 Å². The van der Waals surface area contributed by atoms with Gasteiger partial charge in [0.15, 0.2) is 5.78 Å². The number of ketones is 1. The molecule has 1 aliphatic rings. The second-order valence-corrected chi connectivity index (χ2v) is 6.70. The Morgan fingerprint density at radius 2 is 1.96 bits per heavy atom. The fourth-order valence-corrected chi connectivity index (χ4v) is 2.50. The van der Waals surface area contributed by atoms with Crippen LogP contribution in [-0.4, -0.2) is 63.0 Å². The van der Waals surface area contributed by atoms with E-state index in [4.69, 9.17) is 9.47 Å². The smallest absolute Gasteiger partial charge is 0.411 e. The van der Waals surface area contributed by atoms with E-state index in [2.05, 4.69) is 10.3 Å². The second kappa shape index (κ2) is 6.58. The van der Waals surface area contributed by atoms with Crippen molar-refractivity contribution < 1.29 is 23.9 Å². The van der Waals surface area contributed by atoms with Crippen molar-refractivity contribution in [2.75, 3.05) is 13.7 Å². The third kappa shape index (κ3) is 3.90. The molecule has 0 aliphatic carbocycles. The maximum Gasteiger partial charge on any atom is 0.411 e. The van der Waals surface area contributed by atoms with Gasteiger partial charge < -0.3 is 9.47 Å². The van der Waals surface area contributed by atoms with Crippen LogP contribution in [0.25, 0.3) is 0 Å². The lowest BCUT2D eigenvalue weighted by atomic mass is 10.2. The summed E-state index contributed by atoms with van der Waals surface area (Å²) in [4.78, 5) is 37.1. The summed E-state index contributed by atoms with van der Waals surface area (Å²) in [7, 11) is 1.27. The minimum absolute atomic E-state index is 0.201. The van der Waals surface area contributed by atoms with Crippen LogP contribution in [0.4, 0.5) is 4.79 Å². The molecule has 0 spiro atoms. The Morgan fingerprint density at radius 1 is 1.29 bits per heavy atom. The van der Waals surface area contributed by atoms with Gasteiger partial charge in [-0.25, -0.2) is 14.3 Å². The first-order valence-corrected chi connectivity index (χ1v) is 7.62. The summed E-state index contributed by atoms with van der Waals surface area (Å²) in [5, 5.41) is 7.71. The summed E-state index contributed by atoms with van der Waals surface area (Å²) >= 11 is 0. The molecule has 1 saturated heterocycles. The summed E-state index contributed by atoms with van der Waals surface area (Å²) in [5.74, 6) is -0.719. The zero-order valence-corrected chi connectivity index (χ0v) is 14.5. The van der Waals surface area contributed by atoms with Crippen LogP contribution in [-0.2, 0) is 14.3 Å². The number of likely N-dealkylation sites (tertiary alicyclic amines) is 1. The molecule has 0 unspecified atom stereocenters. The van der Waals surface area contributed by atoms with Gasteiger partial charge in [-0.05, 0) is 20.8 Å². The first kappa shape index (κ1) is 17.9. The van der Waals surface area contributed by atoms with E-state index in [0.717, 1.165) is 0 Å². The Kier molecular flexibility index (Phi) is 4.91. The number of rotatable bonds is 3. The van der Waals surface area contributed by atoms with Crippen LogP contribution in [0.1, 0.15) is 50.6 Å². The molecule has 1 amide bonds. The quantitative estimate of drug-likeness (QED) is 0.602. The molecular formula is C15H22N4O5. The molecule has 1 fully saturated rings. The van der Waals surface area contributed by atoms with Crippen LogP contribution < -0.4 is 0 Å². The molecule has 2 atom stereocenters. The van der Waals surface area contributed by atoms with E-state index in [-0.39, 0.29) is 24.1 Å². The number of Topliss-reactive ketones (excluding diaryl/α,β-unsaturated/α-hetero) is 1. The molecule has 0 N–H and O–H groups in total. The van der Waals surface area contributed by atoms with Crippen molar-refractivity contribution in [3.63, 3.8) is 0 Å². The summed E-state index contributed by atoms with van der Waals surface area (Å²) in [6, 6.07) is -1.05. The molecule has 0 aromatic carbocycles. The number of aromatic nitrogens is 3. The number of carbonyl (C=O) groups is 3. The molecule has 1 aliphatic heterocycles. The molecular weight excluding hydrogens is 316 g/mol. The van der Waals surface area contributed by atoms with Gasteiger partial charge in [-0.1, -0.05) is 5.21 Å². The van der Waals surface area contributed by atoms with Crippen LogP contribution in [0.2, 0.25) is 0 Å². The van der Waals surface area contributed by atoms with E-state index in [1.807, 2.05) is 0 Å². The Balaban J connectivity index is 2.21. The Bertz CT molecular complexity index is 649. The van der Waals surface area contributed by atoms with E-state index in [1.165, 1.54) is 29.8 Å². The first-order chi connectivity index (χ1) is 11.1. The number of esters is 1. The topological polar surface area (TPSA) is 104 Å². The third-order valence-electron chi connectivity index (χ3n) is 3.63. The van der Waals surface area contributed by atoms with Crippen LogP contribution in [0, 0.1) is 0 Å². The van der Waals surface area contributed by atoms with E-state index >= 15 is 0 Å². The van der Waals surface area contributed by atoms with E-state index in [9.17, 15) is 14.4 Å². The number of carbonyl (C=O) groups excluding carboxylic acids is 3. The lowest BCUT2D eigenvalue weighted by Gasteiger charge is -2.27. The van der Waals surface area contributed by atoms with Gasteiger partial charge in [-0.15, -0.1) is 5.10 Å². The highest BCUT2D eigenvalue weighted by molar-refractivity contribution is 5.91. The van der Waals surface area contributed by atoms with Gasteiger partial charge in [-0.3, -0.25) is 9.69 Å². The molecule has 1 aromatic rings. The van der Waals surface area contributed by atoms with E-state index in [0.29, 0.717) is 6.42 Å². The largest absolute Gasteiger partial charge is 0.467 e. The maximum atomic E-state index is 12.4. The SMILES string of the molecule is COC(=O)[C@@H]1C[C@H](n2cc(C(C)=O)nn2)CN1C(=O)OC(C)(C)C. The normalized spacial score (nSPS) is 20.8. The van der Waals surface area contributed by atoms with Crippen molar-refractivity contribution in [2.45, 2.75) is 51.8 Å². The zero-order chi connectivity index (χ0) is 18.1. The molecule has 2 rings (SSSR count). The number of ether oxygens (including phenoxy) is 2. The zero-order valence-electron chi connectivity index (χ0n) is 14.5. The molecule has 0 bridgehead atoms. The second-order valence-electron chi connectivity index (χ2n) is 6.70. The molecule has 24 heavy (non-hydrogen) atoms. The van der Waals surface area contributed by atoms with E-state index < -0.39 is 23.7 Å². The predicted octanol–water partition coefficient (Wildman–Crippen LogP) is 1.20. The highest BCUT2D eigenvalue weighted by Gasteiger charge is 2.43.